The molecule has 0 atom stereocenters. The Morgan fingerprint density at radius 2 is 1.88 bits per heavy atom. The van der Waals surface area contributed by atoms with Gasteiger partial charge in [0.15, 0.2) is 17.5 Å². The molecule has 0 saturated carbocycles. The van der Waals surface area contributed by atoms with E-state index in [4.69, 9.17) is 9.47 Å². The van der Waals surface area contributed by atoms with E-state index in [9.17, 15) is 0 Å². The van der Waals surface area contributed by atoms with E-state index in [1.54, 1.807) is 25.6 Å². The third-order valence-electron chi connectivity index (χ3n) is 4.51. The van der Waals surface area contributed by atoms with Crippen LogP contribution >= 0.6 is 11.3 Å². The molecular weight excluding hydrogens is 348 g/mol. The Morgan fingerprint density at radius 1 is 1.12 bits per heavy atom. The van der Waals surface area contributed by atoms with Crippen molar-refractivity contribution in [3.05, 3.63) is 41.3 Å². The molecule has 1 aliphatic rings. The molecule has 0 radical (unpaired) electrons. The van der Waals surface area contributed by atoms with E-state index in [2.05, 4.69) is 37.6 Å². The number of ether oxygens (including phenoxy) is 2. The lowest BCUT2D eigenvalue weighted by atomic mass is 10.2. The van der Waals surface area contributed by atoms with E-state index >= 15 is 0 Å². The van der Waals surface area contributed by atoms with Gasteiger partial charge in [-0.25, -0.2) is 0 Å². The topological polar surface area (TPSA) is 49.3 Å². The van der Waals surface area contributed by atoms with Crippen LogP contribution in [0, 0.1) is 0 Å². The first-order valence-corrected chi connectivity index (χ1v) is 9.58. The standard InChI is InChI=1S/C19H26N4O2S/c1-20-19(21-14-15-6-7-16(24-2)17(13-15)25-3)23-10-8-22(9-11-23)18-5-4-12-26-18/h4-7,12-13H,8-11,14H2,1-3H3,(H,20,21). The van der Waals surface area contributed by atoms with E-state index in [0.29, 0.717) is 6.54 Å². The molecule has 3 rings (SSSR count). The van der Waals surface area contributed by atoms with Crippen LogP contribution in [0.5, 0.6) is 11.5 Å². The summed E-state index contributed by atoms with van der Waals surface area (Å²) in [7, 11) is 5.14. The Bertz CT molecular complexity index is 725. The number of rotatable bonds is 5. The van der Waals surface area contributed by atoms with Crippen LogP contribution in [0.2, 0.25) is 0 Å². The highest BCUT2D eigenvalue weighted by Gasteiger charge is 2.20. The largest absolute Gasteiger partial charge is 0.493 e. The first kappa shape index (κ1) is 18.4. The number of piperazine rings is 1. The minimum Gasteiger partial charge on any atom is -0.493 e. The van der Waals surface area contributed by atoms with E-state index in [0.717, 1.165) is 49.2 Å². The molecule has 0 unspecified atom stereocenters. The Balaban J connectivity index is 1.55. The monoisotopic (exact) mass is 374 g/mol. The second-order valence-electron chi connectivity index (χ2n) is 6.02. The molecule has 0 bridgehead atoms. The smallest absolute Gasteiger partial charge is 0.194 e. The molecule has 1 N–H and O–H groups in total. The molecule has 2 aromatic rings. The maximum absolute atomic E-state index is 5.38. The molecule has 140 valence electrons. The van der Waals surface area contributed by atoms with Crippen LogP contribution in [0.3, 0.4) is 0 Å². The second kappa shape index (κ2) is 8.80. The lowest BCUT2D eigenvalue weighted by Gasteiger charge is -2.37. The van der Waals surface area contributed by atoms with Gasteiger partial charge >= 0.3 is 0 Å². The molecule has 6 nitrogen and oxygen atoms in total. The zero-order valence-electron chi connectivity index (χ0n) is 15.6. The number of benzene rings is 1. The van der Waals surface area contributed by atoms with Crippen molar-refractivity contribution in [2.75, 3.05) is 52.3 Å². The predicted molar refractivity (Wildman–Crippen MR) is 108 cm³/mol. The minimum atomic E-state index is 0.693. The van der Waals surface area contributed by atoms with Gasteiger partial charge in [0.2, 0.25) is 0 Å². The molecule has 7 heteroatoms. The van der Waals surface area contributed by atoms with Crippen molar-refractivity contribution >= 4 is 22.3 Å². The Kier molecular flexibility index (Phi) is 6.22. The average Bonchev–Trinajstić information content (AvgIpc) is 3.23. The van der Waals surface area contributed by atoms with Gasteiger partial charge < -0.3 is 24.6 Å². The fourth-order valence-electron chi connectivity index (χ4n) is 3.09. The summed E-state index contributed by atoms with van der Waals surface area (Å²) < 4.78 is 10.7. The predicted octanol–water partition coefficient (Wildman–Crippen LogP) is 2.66. The number of nitrogens with zero attached hydrogens (tertiary/aromatic N) is 3. The molecular formula is C19H26N4O2S. The maximum atomic E-state index is 5.38. The Morgan fingerprint density at radius 3 is 2.50 bits per heavy atom. The minimum absolute atomic E-state index is 0.693. The van der Waals surface area contributed by atoms with Gasteiger partial charge in [-0.15, -0.1) is 11.3 Å². The fourth-order valence-corrected chi connectivity index (χ4v) is 3.88. The van der Waals surface area contributed by atoms with Crippen LogP contribution in [-0.2, 0) is 6.54 Å². The molecule has 26 heavy (non-hydrogen) atoms. The second-order valence-corrected chi connectivity index (χ2v) is 6.94. The number of nitrogens with one attached hydrogen (secondary N) is 1. The van der Waals surface area contributed by atoms with E-state index in [1.165, 1.54) is 5.00 Å². The van der Waals surface area contributed by atoms with E-state index < -0.39 is 0 Å². The van der Waals surface area contributed by atoms with E-state index in [-0.39, 0.29) is 0 Å². The van der Waals surface area contributed by atoms with Crippen molar-refractivity contribution < 1.29 is 9.47 Å². The Hall–Kier alpha value is -2.41. The van der Waals surface area contributed by atoms with Gasteiger partial charge in [-0.3, -0.25) is 4.99 Å². The summed E-state index contributed by atoms with van der Waals surface area (Å²) in [6.07, 6.45) is 0. The summed E-state index contributed by atoms with van der Waals surface area (Å²) in [5.74, 6) is 2.42. The molecule has 0 spiro atoms. The molecule has 0 aliphatic carbocycles. The van der Waals surface area contributed by atoms with Crippen LogP contribution in [0.15, 0.2) is 40.7 Å². The van der Waals surface area contributed by atoms with Gasteiger partial charge in [-0.2, -0.15) is 0 Å². The number of hydrogen-bond acceptors (Lipinski definition) is 5. The molecule has 1 aromatic carbocycles. The number of hydrogen-bond donors (Lipinski definition) is 1. The lowest BCUT2D eigenvalue weighted by molar-refractivity contribution is 0.354. The summed E-state index contributed by atoms with van der Waals surface area (Å²) in [5, 5.41) is 6.93. The summed E-state index contributed by atoms with van der Waals surface area (Å²) in [6, 6.07) is 10.3. The zero-order chi connectivity index (χ0) is 18.4. The molecule has 2 heterocycles. The van der Waals surface area contributed by atoms with Crippen molar-refractivity contribution in [2.45, 2.75) is 6.54 Å². The van der Waals surface area contributed by atoms with Gasteiger partial charge in [-0.1, -0.05) is 6.07 Å². The third kappa shape index (κ3) is 4.22. The Labute approximate surface area is 159 Å². The highest BCUT2D eigenvalue weighted by molar-refractivity contribution is 7.14. The molecule has 1 aliphatic heterocycles. The van der Waals surface area contributed by atoms with Gasteiger partial charge in [0.25, 0.3) is 0 Å². The van der Waals surface area contributed by atoms with E-state index in [1.807, 2.05) is 25.2 Å². The molecule has 1 fully saturated rings. The third-order valence-corrected chi connectivity index (χ3v) is 5.44. The van der Waals surface area contributed by atoms with Crippen LogP contribution in [0.25, 0.3) is 0 Å². The van der Waals surface area contributed by atoms with Crippen molar-refractivity contribution in [1.82, 2.24) is 10.2 Å². The summed E-state index contributed by atoms with van der Waals surface area (Å²) >= 11 is 1.80. The van der Waals surface area contributed by atoms with Crippen LogP contribution in [-0.4, -0.2) is 58.3 Å². The number of methoxy groups -OCH3 is 2. The van der Waals surface area contributed by atoms with Crippen LogP contribution in [0.1, 0.15) is 5.56 Å². The van der Waals surface area contributed by atoms with Crippen LogP contribution in [0.4, 0.5) is 5.00 Å². The van der Waals surface area contributed by atoms with Crippen molar-refractivity contribution in [3.8, 4) is 11.5 Å². The highest BCUT2D eigenvalue weighted by atomic mass is 32.1. The lowest BCUT2D eigenvalue weighted by Crippen LogP contribution is -2.52. The average molecular weight is 375 g/mol. The first-order chi connectivity index (χ1) is 12.7. The molecule has 1 aromatic heterocycles. The first-order valence-electron chi connectivity index (χ1n) is 8.70. The van der Waals surface area contributed by atoms with Gasteiger partial charge in [0.05, 0.1) is 19.2 Å². The fraction of sp³-hybridized carbons (Fsp3) is 0.421. The number of thiophene rings is 1. The highest BCUT2D eigenvalue weighted by Crippen LogP contribution is 2.27. The molecule has 1 saturated heterocycles. The van der Waals surface area contributed by atoms with Gasteiger partial charge in [-0.05, 0) is 35.2 Å². The quantitative estimate of drug-likeness (QED) is 0.644. The summed E-state index contributed by atoms with van der Waals surface area (Å²) in [6.45, 7) is 4.64. The number of anilines is 1. The normalized spacial score (nSPS) is 15.1. The van der Waals surface area contributed by atoms with Crippen molar-refractivity contribution in [3.63, 3.8) is 0 Å². The SMILES string of the molecule is CN=C(NCc1ccc(OC)c(OC)c1)N1CCN(c2cccs2)CC1. The van der Waals surface area contributed by atoms with Gasteiger partial charge in [0, 0.05) is 39.8 Å². The summed E-state index contributed by atoms with van der Waals surface area (Å²) in [4.78, 5) is 9.19. The number of aliphatic imine (C=N–C) groups is 1. The van der Waals surface area contributed by atoms with Gasteiger partial charge in [0.1, 0.15) is 0 Å². The zero-order valence-corrected chi connectivity index (χ0v) is 16.4. The van der Waals surface area contributed by atoms with Crippen LogP contribution < -0.4 is 19.7 Å². The van der Waals surface area contributed by atoms with Crippen molar-refractivity contribution in [1.29, 1.82) is 0 Å². The van der Waals surface area contributed by atoms with Crippen molar-refractivity contribution in [2.24, 2.45) is 4.99 Å². The summed E-state index contributed by atoms with van der Waals surface area (Å²) in [5.41, 5.74) is 1.13. The number of guanidine groups is 1. The maximum Gasteiger partial charge on any atom is 0.194 e. The molecule has 0 amide bonds.